The predicted octanol–water partition coefficient (Wildman–Crippen LogP) is 1.81. The maximum absolute atomic E-state index is 5.95. The molecule has 1 N–H and O–H groups in total. The van der Waals surface area contributed by atoms with Crippen LogP contribution in [0.25, 0.3) is 6.08 Å². The normalized spacial score (nSPS) is 14.4. The van der Waals surface area contributed by atoms with Crippen molar-refractivity contribution in [1.82, 2.24) is 25.7 Å². The van der Waals surface area contributed by atoms with Crippen LogP contribution in [0.5, 0.6) is 5.88 Å². The van der Waals surface area contributed by atoms with E-state index in [1.54, 1.807) is 34.4 Å². The van der Waals surface area contributed by atoms with E-state index in [9.17, 15) is 0 Å². The summed E-state index contributed by atoms with van der Waals surface area (Å²) in [6, 6.07) is 3.47. The van der Waals surface area contributed by atoms with Gasteiger partial charge in [0.15, 0.2) is 0 Å². The van der Waals surface area contributed by atoms with Crippen molar-refractivity contribution >= 4 is 23.4 Å². The second kappa shape index (κ2) is 5.81. The fraction of sp³-hybridized carbons (Fsp3) is 0.0833. The van der Waals surface area contributed by atoms with Crippen LogP contribution in [0, 0.1) is 0 Å². The second-order valence-electron chi connectivity index (χ2n) is 3.96. The minimum Gasteiger partial charge on any atom is -0.481 e. The highest BCUT2D eigenvalue weighted by Gasteiger charge is 2.13. The van der Waals surface area contributed by atoms with Gasteiger partial charge in [-0.15, -0.1) is 15.7 Å². The number of hydrazine groups is 2. The number of nitrogens with one attached hydrogen (secondary N) is 1. The largest absolute Gasteiger partial charge is 0.481 e. The number of hydrogen-bond donors (Lipinski definition) is 1. The Balaban J connectivity index is 1.70. The average molecular weight is 307 g/mol. The maximum atomic E-state index is 5.95. The zero-order valence-electron chi connectivity index (χ0n) is 11.0. The van der Waals surface area contributed by atoms with Gasteiger partial charge >= 0.3 is 0 Å². The molecular formula is C12H11ClN6O2. The quantitative estimate of drug-likeness (QED) is 0.857. The van der Waals surface area contributed by atoms with Crippen molar-refractivity contribution in [3.63, 3.8) is 0 Å². The molecule has 0 unspecified atom stereocenters. The molecule has 1 aliphatic rings. The molecule has 2 aromatic rings. The van der Waals surface area contributed by atoms with Crippen molar-refractivity contribution in [1.29, 1.82) is 0 Å². The number of pyridine rings is 1. The van der Waals surface area contributed by atoms with Crippen molar-refractivity contribution in [3.8, 4) is 5.88 Å². The number of rotatable bonds is 4. The van der Waals surface area contributed by atoms with Crippen molar-refractivity contribution < 1.29 is 9.15 Å². The summed E-state index contributed by atoms with van der Waals surface area (Å²) in [6.45, 7) is 0. The number of ether oxygens (including phenoxy) is 1. The molecule has 0 amide bonds. The third-order valence-corrected chi connectivity index (χ3v) is 2.79. The van der Waals surface area contributed by atoms with Gasteiger partial charge in [0.05, 0.1) is 12.8 Å². The van der Waals surface area contributed by atoms with E-state index >= 15 is 0 Å². The number of hydrogen-bond acceptors (Lipinski definition) is 8. The Kier molecular flexibility index (Phi) is 3.71. The van der Waals surface area contributed by atoms with Gasteiger partial charge in [0.25, 0.3) is 0 Å². The zero-order chi connectivity index (χ0) is 14.7. The number of methoxy groups -OCH3 is 1. The summed E-state index contributed by atoms with van der Waals surface area (Å²) in [5, 5.41) is 11.2. The molecule has 0 atom stereocenters. The van der Waals surface area contributed by atoms with E-state index in [1.165, 1.54) is 13.5 Å². The van der Waals surface area contributed by atoms with Crippen LogP contribution in [0.15, 0.2) is 41.5 Å². The molecule has 0 radical (unpaired) electrons. The molecule has 1 aliphatic heterocycles. The third-order valence-electron chi connectivity index (χ3n) is 2.60. The molecule has 0 spiro atoms. The lowest BCUT2D eigenvalue weighted by Gasteiger charge is -2.20. The summed E-state index contributed by atoms with van der Waals surface area (Å²) in [4.78, 5) is 4.02. The van der Waals surface area contributed by atoms with Gasteiger partial charge in [0.2, 0.25) is 18.2 Å². The molecule has 2 aromatic heterocycles. The van der Waals surface area contributed by atoms with Gasteiger partial charge in [-0.1, -0.05) is 11.6 Å². The van der Waals surface area contributed by atoms with E-state index in [-0.39, 0.29) is 0 Å². The van der Waals surface area contributed by atoms with Crippen LogP contribution in [0.2, 0.25) is 5.15 Å². The standard InChI is InChI=1S/C12H11ClN6O2/c1-20-12-7-9(6-10(13)15-12)19-5-4-18(17-19)3-2-11-16-14-8-21-11/h2-8,17H,1H3. The first-order valence-corrected chi connectivity index (χ1v) is 6.30. The van der Waals surface area contributed by atoms with Gasteiger partial charge < -0.3 is 9.15 Å². The van der Waals surface area contributed by atoms with E-state index < -0.39 is 0 Å². The van der Waals surface area contributed by atoms with Crippen LogP contribution < -0.4 is 15.3 Å². The molecule has 0 saturated heterocycles. The van der Waals surface area contributed by atoms with Gasteiger partial charge in [-0.05, 0) is 0 Å². The van der Waals surface area contributed by atoms with Gasteiger partial charge in [0.1, 0.15) is 5.15 Å². The van der Waals surface area contributed by atoms with Crippen molar-refractivity contribution in [2.75, 3.05) is 12.1 Å². The fourth-order valence-corrected chi connectivity index (χ4v) is 1.85. The van der Waals surface area contributed by atoms with E-state index in [1.807, 2.05) is 12.4 Å². The number of nitrogens with zero attached hydrogens (tertiary/aromatic N) is 5. The summed E-state index contributed by atoms with van der Waals surface area (Å²) < 4.78 is 10.1. The molecule has 108 valence electrons. The molecule has 3 rings (SSSR count). The Labute approximate surface area is 125 Å². The molecule has 9 heteroatoms. The van der Waals surface area contributed by atoms with Crippen molar-refractivity contribution in [3.05, 3.63) is 48.2 Å². The van der Waals surface area contributed by atoms with Gasteiger partial charge in [-0.3, -0.25) is 10.0 Å². The van der Waals surface area contributed by atoms with E-state index in [2.05, 4.69) is 20.7 Å². The molecule has 0 aliphatic carbocycles. The lowest BCUT2D eigenvalue weighted by molar-refractivity contribution is 0.392. The van der Waals surface area contributed by atoms with Gasteiger partial charge in [-0.25, -0.2) is 4.98 Å². The first-order chi connectivity index (χ1) is 10.2. The van der Waals surface area contributed by atoms with Crippen molar-refractivity contribution in [2.45, 2.75) is 0 Å². The van der Waals surface area contributed by atoms with Crippen LogP contribution in [0.1, 0.15) is 5.89 Å². The van der Waals surface area contributed by atoms with Gasteiger partial charge in [0, 0.05) is 36.8 Å². The first-order valence-electron chi connectivity index (χ1n) is 5.93. The minimum absolute atomic E-state index is 0.347. The van der Waals surface area contributed by atoms with E-state index in [0.29, 0.717) is 16.9 Å². The molecule has 3 heterocycles. The lowest BCUT2D eigenvalue weighted by atomic mass is 10.4. The van der Waals surface area contributed by atoms with Crippen LogP contribution in [-0.2, 0) is 0 Å². The third kappa shape index (κ3) is 3.12. The van der Waals surface area contributed by atoms with Crippen LogP contribution >= 0.6 is 11.6 Å². The molecule has 0 aromatic carbocycles. The Bertz CT molecular complexity index is 672. The minimum atomic E-state index is 0.347. The SMILES string of the molecule is COc1cc(N2C=CN(C=Cc3nnco3)N2)cc(Cl)n1. The molecule has 0 saturated carbocycles. The van der Waals surface area contributed by atoms with E-state index in [0.717, 1.165) is 5.69 Å². The fourth-order valence-electron chi connectivity index (χ4n) is 1.66. The molecular weight excluding hydrogens is 296 g/mol. The summed E-state index contributed by atoms with van der Waals surface area (Å²) in [7, 11) is 1.54. The van der Waals surface area contributed by atoms with E-state index in [4.69, 9.17) is 20.8 Å². The average Bonchev–Trinajstić information content (AvgIpc) is 3.15. The summed E-state index contributed by atoms with van der Waals surface area (Å²) in [6.07, 6.45) is 8.32. The van der Waals surface area contributed by atoms with Crippen LogP contribution in [0.4, 0.5) is 5.69 Å². The highest BCUT2D eigenvalue weighted by Crippen LogP contribution is 2.24. The van der Waals surface area contributed by atoms with Crippen molar-refractivity contribution in [2.24, 2.45) is 0 Å². The number of aromatic nitrogens is 3. The summed E-state index contributed by atoms with van der Waals surface area (Å²) >= 11 is 5.95. The lowest BCUT2D eigenvalue weighted by Crippen LogP contribution is -2.36. The molecule has 21 heavy (non-hydrogen) atoms. The van der Waals surface area contributed by atoms with Crippen LogP contribution in [0.3, 0.4) is 0 Å². The predicted molar refractivity (Wildman–Crippen MR) is 75.7 cm³/mol. The molecule has 0 fully saturated rings. The Morgan fingerprint density at radius 2 is 2.29 bits per heavy atom. The highest BCUT2D eigenvalue weighted by atomic mass is 35.5. The van der Waals surface area contributed by atoms with Crippen LogP contribution in [-0.4, -0.2) is 27.3 Å². The smallest absolute Gasteiger partial charge is 0.241 e. The zero-order valence-corrected chi connectivity index (χ0v) is 11.7. The van der Waals surface area contributed by atoms with Gasteiger partial charge in [-0.2, -0.15) is 0 Å². The maximum Gasteiger partial charge on any atom is 0.241 e. The highest BCUT2D eigenvalue weighted by molar-refractivity contribution is 6.29. The Hall–Kier alpha value is -2.58. The number of halogens is 1. The molecule has 0 bridgehead atoms. The number of anilines is 1. The Morgan fingerprint density at radius 1 is 1.38 bits per heavy atom. The molecule has 8 nitrogen and oxygen atoms in total. The monoisotopic (exact) mass is 306 g/mol. The summed E-state index contributed by atoms with van der Waals surface area (Å²) in [5.74, 6) is 0.852. The summed E-state index contributed by atoms with van der Waals surface area (Å²) in [5.41, 5.74) is 3.87. The second-order valence-corrected chi connectivity index (χ2v) is 4.35. The Morgan fingerprint density at radius 3 is 3.05 bits per heavy atom. The topological polar surface area (TPSA) is 79.5 Å². The first kappa shape index (κ1) is 13.4.